The van der Waals surface area contributed by atoms with Crippen molar-refractivity contribution in [2.24, 2.45) is 0 Å². The Morgan fingerprint density at radius 1 is 1.37 bits per heavy atom. The Kier molecular flexibility index (Phi) is 4.35. The number of carbonyl (C=O) groups is 1. The number of nitrogens with zero attached hydrogens (tertiary/aromatic N) is 1. The zero-order valence-corrected chi connectivity index (χ0v) is 12.2. The van der Waals surface area contributed by atoms with Gasteiger partial charge < -0.3 is 10.0 Å². The van der Waals surface area contributed by atoms with Crippen LogP contribution in [0.15, 0.2) is 18.2 Å². The van der Waals surface area contributed by atoms with Gasteiger partial charge in [-0.1, -0.05) is 24.5 Å². The summed E-state index contributed by atoms with van der Waals surface area (Å²) in [5, 5.41) is 9.85. The van der Waals surface area contributed by atoms with Crippen molar-refractivity contribution in [3.63, 3.8) is 0 Å². The van der Waals surface area contributed by atoms with E-state index in [4.69, 9.17) is 11.6 Å². The molecule has 1 aromatic carbocycles. The second-order valence-corrected chi connectivity index (χ2v) is 5.87. The minimum atomic E-state index is -0.154. The molecule has 1 N–H and O–H groups in total. The number of rotatable bonds is 2. The summed E-state index contributed by atoms with van der Waals surface area (Å²) < 4.78 is 0. The summed E-state index contributed by atoms with van der Waals surface area (Å²) in [4.78, 5) is 14.2. The van der Waals surface area contributed by atoms with E-state index in [2.05, 4.69) is 0 Å². The number of aryl methyl sites for hydroxylation is 1. The second-order valence-electron chi connectivity index (χ2n) is 5.30. The first-order chi connectivity index (χ1) is 9.00. The monoisotopic (exact) mass is 281 g/mol. The molecule has 3 nitrogen and oxygen atoms in total. The first-order valence-corrected chi connectivity index (χ1v) is 7.15. The molecule has 4 heteroatoms. The van der Waals surface area contributed by atoms with E-state index in [1.54, 1.807) is 30.1 Å². The number of carbonyl (C=O) groups excluding carboxylic acids is 1. The van der Waals surface area contributed by atoms with Crippen LogP contribution in [0.2, 0.25) is 0 Å². The van der Waals surface area contributed by atoms with Crippen molar-refractivity contribution in [1.29, 1.82) is 0 Å². The van der Waals surface area contributed by atoms with Gasteiger partial charge in [0.25, 0.3) is 5.91 Å². The van der Waals surface area contributed by atoms with E-state index in [-0.39, 0.29) is 23.1 Å². The Morgan fingerprint density at radius 2 is 2.05 bits per heavy atom. The molecule has 0 heterocycles. The van der Waals surface area contributed by atoms with Crippen LogP contribution in [-0.4, -0.2) is 34.4 Å². The molecule has 2 rings (SSSR count). The predicted molar refractivity (Wildman–Crippen MR) is 76.8 cm³/mol. The molecule has 0 radical (unpaired) electrons. The lowest BCUT2D eigenvalue weighted by Crippen LogP contribution is -2.44. The zero-order valence-electron chi connectivity index (χ0n) is 11.4. The van der Waals surface area contributed by atoms with Crippen molar-refractivity contribution in [1.82, 2.24) is 4.90 Å². The van der Waals surface area contributed by atoms with Gasteiger partial charge in [0.05, 0.1) is 10.9 Å². The van der Waals surface area contributed by atoms with E-state index in [0.29, 0.717) is 5.56 Å². The van der Waals surface area contributed by atoms with Gasteiger partial charge in [-0.15, -0.1) is 11.6 Å². The van der Waals surface area contributed by atoms with Crippen molar-refractivity contribution in [2.45, 2.75) is 44.0 Å². The normalized spacial score (nSPS) is 23.1. The Bertz CT molecular complexity index is 475. The molecule has 0 bridgehead atoms. The van der Waals surface area contributed by atoms with Crippen LogP contribution in [0.25, 0.3) is 0 Å². The maximum Gasteiger partial charge on any atom is 0.257 e. The summed E-state index contributed by atoms with van der Waals surface area (Å²) >= 11 is 6.32. The van der Waals surface area contributed by atoms with Crippen LogP contribution < -0.4 is 0 Å². The minimum absolute atomic E-state index is 0.00894. The van der Waals surface area contributed by atoms with Crippen LogP contribution in [0.4, 0.5) is 0 Å². The van der Waals surface area contributed by atoms with Crippen molar-refractivity contribution in [3.8, 4) is 5.75 Å². The standard InChI is InChI=1S/C15H20ClNO2/c1-10-7-8-14(18)11(9-10)15(19)17(2)13-6-4-3-5-12(13)16/h7-9,12-13,18H,3-6H2,1-2H3. The summed E-state index contributed by atoms with van der Waals surface area (Å²) in [6.07, 6.45) is 4.11. The molecule has 1 aliphatic carbocycles. The van der Waals surface area contributed by atoms with E-state index >= 15 is 0 Å². The Labute approximate surface area is 119 Å². The maximum absolute atomic E-state index is 12.5. The average Bonchev–Trinajstić information content (AvgIpc) is 2.40. The second kappa shape index (κ2) is 5.83. The van der Waals surface area contributed by atoms with Gasteiger partial charge >= 0.3 is 0 Å². The van der Waals surface area contributed by atoms with Crippen LogP contribution in [0.5, 0.6) is 5.75 Å². The Morgan fingerprint density at radius 3 is 2.74 bits per heavy atom. The molecule has 0 aliphatic heterocycles. The molecule has 104 valence electrons. The van der Waals surface area contributed by atoms with Crippen molar-refractivity contribution in [3.05, 3.63) is 29.3 Å². The first-order valence-electron chi connectivity index (χ1n) is 6.71. The zero-order chi connectivity index (χ0) is 14.0. The fraction of sp³-hybridized carbons (Fsp3) is 0.533. The third-order valence-electron chi connectivity index (χ3n) is 3.85. The third kappa shape index (κ3) is 3.03. The number of hydrogen-bond acceptors (Lipinski definition) is 2. The fourth-order valence-electron chi connectivity index (χ4n) is 2.66. The molecule has 2 atom stereocenters. The third-order valence-corrected chi connectivity index (χ3v) is 4.36. The van der Waals surface area contributed by atoms with E-state index in [1.807, 2.05) is 6.92 Å². The molecule has 1 amide bonds. The Balaban J connectivity index is 2.20. The largest absolute Gasteiger partial charge is 0.507 e. The number of alkyl halides is 1. The van der Waals surface area contributed by atoms with Crippen LogP contribution >= 0.6 is 11.6 Å². The highest BCUT2D eigenvalue weighted by atomic mass is 35.5. The van der Waals surface area contributed by atoms with E-state index < -0.39 is 0 Å². The summed E-state index contributed by atoms with van der Waals surface area (Å²) in [7, 11) is 1.77. The highest BCUT2D eigenvalue weighted by Crippen LogP contribution is 2.29. The van der Waals surface area contributed by atoms with Gasteiger partial charge in [0.2, 0.25) is 0 Å². The van der Waals surface area contributed by atoms with Crippen LogP contribution in [0.3, 0.4) is 0 Å². The summed E-state index contributed by atoms with van der Waals surface area (Å²) in [6.45, 7) is 1.90. The molecule has 0 aromatic heterocycles. The van der Waals surface area contributed by atoms with Gasteiger partial charge in [-0.25, -0.2) is 0 Å². The van der Waals surface area contributed by atoms with Crippen LogP contribution in [0.1, 0.15) is 41.6 Å². The van der Waals surface area contributed by atoms with Crippen molar-refractivity contribution < 1.29 is 9.90 Å². The lowest BCUT2D eigenvalue weighted by Gasteiger charge is -2.35. The van der Waals surface area contributed by atoms with Gasteiger partial charge in [0.15, 0.2) is 0 Å². The summed E-state index contributed by atoms with van der Waals surface area (Å²) in [6, 6.07) is 5.13. The Hall–Kier alpha value is -1.22. The number of hydrogen-bond donors (Lipinski definition) is 1. The number of aromatic hydroxyl groups is 1. The summed E-state index contributed by atoms with van der Waals surface area (Å²) in [5.41, 5.74) is 1.32. The SMILES string of the molecule is Cc1ccc(O)c(C(=O)N(C)C2CCCCC2Cl)c1. The van der Waals surface area contributed by atoms with E-state index in [9.17, 15) is 9.90 Å². The van der Waals surface area contributed by atoms with Gasteiger partial charge in [-0.05, 0) is 31.9 Å². The van der Waals surface area contributed by atoms with Crippen LogP contribution in [0, 0.1) is 6.92 Å². The van der Waals surface area contributed by atoms with Gasteiger partial charge in [0, 0.05) is 13.1 Å². The fourth-order valence-corrected chi connectivity index (χ4v) is 3.11. The number of benzene rings is 1. The molecule has 19 heavy (non-hydrogen) atoms. The van der Waals surface area contributed by atoms with Gasteiger partial charge in [0.1, 0.15) is 5.75 Å². The lowest BCUT2D eigenvalue weighted by atomic mass is 9.93. The van der Waals surface area contributed by atoms with E-state index in [1.165, 1.54) is 0 Å². The average molecular weight is 282 g/mol. The number of phenolic OH excluding ortho intramolecular Hbond substituents is 1. The molecule has 1 saturated carbocycles. The number of phenols is 1. The van der Waals surface area contributed by atoms with E-state index in [0.717, 1.165) is 31.2 Å². The quantitative estimate of drug-likeness (QED) is 0.845. The molecule has 0 saturated heterocycles. The van der Waals surface area contributed by atoms with Crippen LogP contribution in [-0.2, 0) is 0 Å². The molecule has 2 unspecified atom stereocenters. The predicted octanol–water partition coefficient (Wildman–Crippen LogP) is 3.32. The first kappa shape index (κ1) is 14.2. The smallest absolute Gasteiger partial charge is 0.257 e. The molecule has 1 aromatic rings. The van der Waals surface area contributed by atoms with Gasteiger partial charge in [-0.3, -0.25) is 4.79 Å². The summed E-state index contributed by atoms with van der Waals surface area (Å²) in [5.74, 6) is -0.122. The molecule has 1 fully saturated rings. The number of halogens is 1. The lowest BCUT2D eigenvalue weighted by molar-refractivity contribution is 0.0697. The molecular weight excluding hydrogens is 262 g/mol. The minimum Gasteiger partial charge on any atom is -0.507 e. The maximum atomic E-state index is 12.5. The highest BCUT2D eigenvalue weighted by molar-refractivity contribution is 6.21. The highest BCUT2D eigenvalue weighted by Gasteiger charge is 2.30. The van der Waals surface area contributed by atoms with Gasteiger partial charge in [-0.2, -0.15) is 0 Å². The van der Waals surface area contributed by atoms with Crippen molar-refractivity contribution >= 4 is 17.5 Å². The molecule has 0 spiro atoms. The topological polar surface area (TPSA) is 40.5 Å². The molecular formula is C15H20ClNO2. The molecule has 1 aliphatic rings. The van der Waals surface area contributed by atoms with Crippen molar-refractivity contribution in [2.75, 3.05) is 7.05 Å². The number of amides is 1.